The molecule has 0 aromatic rings. The van der Waals surface area contributed by atoms with Gasteiger partial charge in [0.2, 0.25) is 5.91 Å². The van der Waals surface area contributed by atoms with Gasteiger partial charge in [-0.15, -0.1) is 0 Å². The molecule has 0 bridgehead atoms. The second kappa shape index (κ2) is 8.23. The highest BCUT2D eigenvalue weighted by Gasteiger charge is 2.48. The van der Waals surface area contributed by atoms with Gasteiger partial charge in [0.1, 0.15) is 0 Å². The molecule has 0 spiro atoms. The van der Waals surface area contributed by atoms with Gasteiger partial charge in [0.15, 0.2) is 0 Å². The molecule has 5 nitrogen and oxygen atoms in total. The van der Waals surface area contributed by atoms with Crippen LogP contribution in [0.2, 0.25) is 0 Å². The van der Waals surface area contributed by atoms with Gasteiger partial charge in [-0.25, -0.2) is 0 Å². The van der Waals surface area contributed by atoms with Crippen molar-refractivity contribution in [2.45, 2.75) is 103 Å². The Balaban J connectivity index is 1.86. The van der Waals surface area contributed by atoms with Crippen molar-refractivity contribution in [2.75, 3.05) is 20.7 Å². The number of ether oxygens (including phenoxy) is 1. The molecule has 1 amide bonds. The Morgan fingerprint density at radius 3 is 1.82 bits per heavy atom. The summed E-state index contributed by atoms with van der Waals surface area (Å²) in [4.78, 5) is 13.9. The van der Waals surface area contributed by atoms with Crippen molar-refractivity contribution in [3.05, 3.63) is 0 Å². The van der Waals surface area contributed by atoms with E-state index in [1.54, 1.807) is 19.0 Å². The number of aliphatic hydroxyl groups is 2. The maximum atomic E-state index is 12.2. The maximum Gasteiger partial charge on any atom is 0.225 e. The van der Waals surface area contributed by atoms with Gasteiger partial charge < -0.3 is 19.8 Å². The molecule has 2 N–H and O–H groups in total. The first-order valence-electron chi connectivity index (χ1n) is 11.0. The summed E-state index contributed by atoms with van der Waals surface area (Å²) in [5.74, 6) is 0.199. The molecule has 164 valence electrons. The molecule has 2 saturated carbocycles. The second-order valence-corrected chi connectivity index (χ2v) is 11.2. The van der Waals surface area contributed by atoms with Crippen molar-refractivity contribution in [3.8, 4) is 0 Å². The Bertz CT molecular complexity index is 533. The van der Waals surface area contributed by atoms with Crippen molar-refractivity contribution in [3.63, 3.8) is 0 Å². The molecule has 2 aliphatic carbocycles. The highest BCUT2D eigenvalue weighted by Crippen LogP contribution is 2.46. The fourth-order valence-electron chi connectivity index (χ4n) is 4.83. The Hall–Kier alpha value is -0.650. The third-order valence-electron chi connectivity index (χ3n) is 7.70. The molecule has 0 heterocycles. The predicted molar refractivity (Wildman–Crippen MR) is 112 cm³/mol. The Morgan fingerprint density at radius 2 is 1.39 bits per heavy atom. The Kier molecular flexibility index (Phi) is 6.95. The van der Waals surface area contributed by atoms with E-state index >= 15 is 0 Å². The Labute approximate surface area is 171 Å². The number of carbonyl (C=O) groups is 1. The van der Waals surface area contributed by atoms with Crippen LogP contribution in [0.3, 0.4) is 0 Å². The summed E-state index contributed by atoms with van der Waals surface area (Å²) >= 11 is 0. The molecule has 0 radical (unpaired) electrons. The smallest absolute Gasteiger partial charge is 0.225 e. The van der Waals surface area contributed by atoms with Crippen LogP contribution in [0.1, 0.15) is 86.0 Å². The van der Waals surface area contributed by atoms with Crippen LogP contribution in [-0.2, 0) is 9.53 Å². The SMILES string of the molecule is CN(C)C(=O)C1CCC(O)(C(C)(C)COC2CCC(O)(C(C)(C)C)CC2)CC1. The number of hydrogen-bond donors (Lipinski definition) is 2. The highest BCUT2D eigenvalue weighted by molar-refractivity contribution is 5.78. The van der Waals surface area contributed by atoms with E-state index in [0.717, 1.165) is 38.5 Å². The van der Waals surface area contributed by atoms with Gasteiger partial charge in [0, 0.05) is 25.4 Å². The molecule has 0 aromatic heterocycles. The van der Waals surface area contributed by atoms with Gasteiger partial charge in [0.25, 0.3) is 0 Å². The first-order valence-corrected chi connectivity index (χ1v) is 11.0. The lowest BCUT2D eigenvalue weighted by Gasteiger charge is -2.48. The molecule has 2 rings (SSSR count). The minimum atomic E-state index is -0.795. The molecule has 0 unspecified atom stereocenters. The molecule has 2 aliphatic rings. The monoisotopic (exact) mass is 397 g/mol. The summed E-state index contributed by atoms with van der Waals surface area (Å²) in [6.07, 6.45) is 6.16. The van der Waals surface area contributed by atoms with Crippen LogP contribution in [0.25, 0.3) is 0 Å². The summed E-state index contributed by atoms with van der Waals surface area (Å²) in [6.45, 7) is 11.0. The maximum absolute atomic E-state index is 12.2. The molecule has 0 aliphatic heterocycles. The minimum Gasteiger partial charge on any atom is -0.389 e. The van der Waals surface area contributed by atoms with Crippen LogP contribution >= 0.6 is 0 Å². The zero-order valence-electron chi connectivity index (χ0n) is 19.2. The van der Waals surface area contributed by atoms with Crippen LogP contribution in [-0.4, -0.2) is 59.0 Å². The van der Waals surface area contributed by atoms with Crippen LogP contribution < -0.4 is 0 Å². The number of amides is 1. The van der Waals surface area contributed by atoms with Crippen LogP contribution in [0.15, 0.2) is 0 Å². The van der Waals surface area contributed by atoms with Crippen molar-refractivity contribution < 1.29 is 19.7 Å². The molecular formula is C23H43NO4. The second-order valence-electron chi connectivity index (χ2n) is 11.2. The summed E-state index contributed by atoms with van der Waals surface area (Å²) in [5.41, 5.74) is -1.89. The molecule has 0 atom stereocenters. The molecule has 0 saturated heterocycles. The average Bonchev–Trinajstić information content (AvgIpc) is 2.60. The van der Waals surface area contributed by atoms with Gasteiger partial charge in [0.05, 0.1) is 23.9 Å². The lowest BCUT2D eigenvalue weighted by molar-refractivity contribution is -0.160. The van der Waals surface area contributed by atoms with Crippen LogP contribution in [0.5, 0.6) is 0 Å². The summed E-state index contributed by atoms with van der Waals surface area (Å²) in [6, 6.07) is 0. The van der Waals surface area contributed by atoms with Crippen LogP contribution in [0, 0.1) is 16.7 Å². The van der Waals surface area contributed by atoms with E-state index in [1.807, 2.05) is 0 Å². The molecule has 5 heteroatoms. The van der Waals surface area contributed by atoms with Gasteiger partial charge in [-0.2, -0.15) is 0 Å². The third-order valence-corrected chi connectivity index (χ3v) is 7.70. The number of hydrogen-bond acceptors (Lipinski definition) is 4. The van der Waals surface area contributed by atoms with Gasteiger partial charge >= 0.3 is 0 Å². The van der Waals surface area contributed by atoms with E-state index in [9.17, 15) is 15.0 Å². The largest absolute Gasteiger partial charge is 0.389 e. The first kappa shape index (κ1) is 23.6. The standard InChI is InChI=1S/C23H43NO4/c1-20(2,3)22(26)14-10-18(11-15-22)28-16-21(4,5)23(27)12-8-17(9-13-23)19(25)24(6)7/h17-18,26-27H,8-16H2,1-7H3. The quantitative estimate of drug-likeness (QED) is 0.741. The van der Waals surface area contributed by atoms with Crippen molar-refractivity contribution >= 4 is 5.91 Å². The predicted octanol–water partition coefficient (Wildman–Crippen LogP) is 3.76. The first-order chi connectivity index (χ1) is 12.7. The van der Waals surface area contributed by atoms with Crippen LogP contribution in [0.4, 0.5) is 0 Å². The number of nitrogens with zero attached hydrogens (tertiary/aromatic N) is 1. The zero-order chi connectivity index (χ0) is 21.4. The Morgan fingerprint density at radius 1 is 0.929 bits per heavy atom. The van der Waals surface area contributed by atoms with Crippen molar-refractivity contribution in [1.29, 1.82) is 0 Å². The highest BCUT2D eigenvalue weighted by atomic mass is 16.5. The minimum absolute atomic E-state index is 0.0282. The zero-order valence-corrected chi connectivity index (χ0v) is 19.2. The van der Waals surface area contributed by atoms with E-state index in [1.165, 1.54) is 0 Å². The van der Waals surface area contributed by atoms with E-state index in [2.05, 4.69) is 34.6 Å². The summed E-state index contributed by atoms with van der Waals surface area (Å²) in [5, 5.41) is 22.2. The molecule has 28 heavy (non-hydrogen) atoms. The molecule has 2 fully saturated rings. The van der Waals surface area contributed by atoms with E-state index < -0.39 is 11.2 Å². The number of carbonyl (C=O) groups excluding carboxylic acids is 1. The molecule has 0 aromatic carbocycles. The summed E-state index contributed by atoms with van der Waals surface area (Å²) in [7, 11) is 3.59. The number of rotatable bonds is 5. The fraction of sp³-hybridized carbons (Fsp3) is 0.957. The van der Waals surface area contributed by atoms with Gasteiger partial charge in [-0.05, 0) is 56.8 Å². The van der Waals surface area contributed by atoms with Gasteiger partial charge in [-0.1, -0.05) is 34.6 Å². The average molecular weight is 398 g/mol. The molecular weight excluding hydrogens is 354 g/mol. The lowest BCUT2D eigenvalue weighted by atomic mass is 9.65. The third kappa shape index (κ3) is 4.91. The lowest BCUT2D eigenvalue weighted by Crippen LogP contribution is -2.52. The van der Waals surface area contributed by atoms with Crippen molar-refractivity contribution in [1.82, 2.24) is 4.90 Å². The van der Waals surface area contributed by atoms with E-state index in [0.29, 0.717) is 19.4 Å². The van der Waals surface area contributed by atoms with Gasteiger partial charge in [-0.3, -0.25) is 4.79 Å². The normalized spacial score (nSPS) is 34.9. The van der Waals surface area contributed by atoms with E-state index in [-0.39, 0.29) is 28.8 Å². The summed E-state index contributed by atoms with van der Waals surface area (Å²) < 4.78 is 6.24. The topological polar surface area (TPSA) is 70.0 Å². The van der Waals surface area contributed by atoms with E-state index in [4.69, 9.17) is 4.74 Å². The fourth-order valence-corrected chi connectivity index (χ4v) is 4.83. The van der Waals surface area contributed by atoms with Crippen molar-refractivity contribution in [2.24, 2.45) is 16.7 Å².